The van der Waals surface area contributed by atoms with E-state index < -0.39 is 0 Å². The van der Waals surface area contributed by atoms with E-state index in [4.69, 9.17) is 0 Å². The summed E-state index contributed by atoms with van der Waals surface area (Å²) >= 11 is 0. The molecule has 1 aliphatic heterocycles. The number of β-amino-alcohol motifs (C(OH)–C–C–N with tert-alkyl or cyclic N) is 1. The molecule has 3 rings (SSSR count). The topological polar surface area (TPSA) is 66.2 Å². The molecule has 0 saturated carbocycles. The van der Waals surface area contributed by atoms with E-state index in [1.807, 2.05) is 36.3 Å². The van der Waals surface area contributed by atoms with Crippen LogP contribution in [0.25, 0.3) is 11.3 Å². The molecule has 6 heteroatoms. The summed E-state index contributed by atoms with van der Waals surface area (Å²) in [4.78, 5) is 6.53. The Morgan fingerprint density at radius 1 is 1.29 bits per heavy atom. The Morgan fingerprint density at radius 3 is 2.88 bits per heavy atom. The highest BCUT2D eigenvalue weighted by molar-refractivity contribution is 5.61. The minimum Gasteiger partial charge on any atom is -0.390 e. The lowest BCUT2D eigenvalue weighted by atomic mass is 10.1. The van der Waals surface area contributed by atoms with Gasteiger partial charge in [-0.25, -0.2) is 0 Å². The number of hydrogen-bond acceptors (Lipinski definition) is 5. The Morgan fingerprint density at radius 2 is 2.12 bits per heavy atom. The minimum atomic E-state index is -0.332. The van der Waals surface area contributed by atoms with Crippen LogP contribution in [0.1, 0.15) is 24.8 Å². The van der Waals surface area contributed by atoms with Gasteiger partial charge >= 0.3 is 0 Å². The van der Waals surface area contributed by atoms with Crippen LogP contribution < -0.4 is 5.32 Å². The molecule has 0 bridgehead atoms. The van der Waals surface area contributed by atoms with Crippen molar-refractivity contribution in [1.29, 1.82) is 0 Å². The van der Waals surface area contributed by atoms with Gasteiger partial charge in [0.1, 0.15) is 0 Å². The molecule has 1 fully saturated rings. The highest BCUT2D eigenvalue weighted by Gasteiger charge is 2.15. The van der Waals surface area contributed by atoms with Crippen molar-refractivity contribution in [2.75, 3.05) is 26.2 Å². The smallest absolute Gasteiger partial charge is 0.0983 e. The molecule has 1 atom stereocenters. The summed E-state index contributed by atoms with van der Waals surface area (Å²) in [6.45, 7) is 4.28. The molecule has 2 aromatic rings. The second kappa shape index (κ2) is 8.37. The van der Waals surface area contributed by atoms with Crippen LogP contribution in [-0.4, -0.2) is 57.1 Å². The summed E-state index contributed by atoms with van der Waals surface area (Å²) in [5.41, 5.74) is 3.09. The molecule has 0 unspecified atom stereocenters. The van der Waals surface area contributed by atoms with Gasteiger partial charge in [0.05, 0.1) is 11.8 Å². The van der Waals surface area contributed by atoms with Crippen molar-refractivity contribution in [3.63, 3.8) is 0 Å². The Balaban J connectivity index is 1.51. The number of pyridine rings is 1. The van der Waals surface area contributed by atoms with Crippen LogP contribution in [0.5, 0.6) is 0 Å². The second-order valence-electron chi connectivity index (χ2n) is 6.56. The van der Waals surface area contributed by atoms with E-state index in [1.165, 1.54) is 19.3 Å². The fourth-order valence-electron chi connectivity index (χ4n) is 3.29. The Hall–Kier alpha value is -1.76. The monoisotopic (exact) mass is 329 g/mol. The van der Waals surface area contributed by atoms with Gasteiger partial charge < -0.3 is 15.3 Å². The van der Waals surface area contributed by atoms with Gasteiger partial charge in [0.25, 0.3) is 0 Å². The number of aromatic nitrogens is 3. The molecule has 2 aromatic heterocycles. The third-order valence-corrected chi connectivity index (χ3v) is 4.45. The van der Waals surface area contributed by atoms with E-state index in [1.54, 1.807) is 6.20 Å². The molecular formula is C18H27N5O. The van der Waals surface area contributed by atoms with Crippen molar-refractivity contribution >= 4 is 0 Å². The summed E-state index contributed by atoms with van der Waals surface area (Å²) in [5.74, 6) is 0. The van der Waals surface area contributed by atoms with Crippen LogP contribution in [0.2, 0.25) is 0 Å². The molecule has 0 amide bonds. The number of likely N-dealkylation sites (tertiary alicyclic amines) is 1. The predicted octanol–water partition coefficient (Wildman–Crippen LogP) is 1.42. The van der Waals surface area contributed by atoms with Gasteiger partial charge in [0, 0.05) is 56.4 Å². The van der Waals surface area contributed by atoms with E-state index in [9.17, 15) is 5.11 Å². The van der Waals surface area contributed by atoms with E-state index in [-0.39, 0.29) is 6.10 Å². The lowest BCUT2D eigenvalue weighted by Crippen LogP contribution is -2.40. The number of piperidine rings is 1. The maximum Gasteiger partial charge on any atom is 0.0983 e. The summed E-state index contributed by atoms with van der Waals surface area (Å²) < 4.78 is 1.82. The fourth-order valence-corrected chi connectivity index (χ4v) is 3.29. The number of aliphatic hydroxyl groups excluding tert-OH is 1. The molecule has 0 radical (unpaired) electrons. The second-order valence-corrected chi connectivity index (χ2v) is 6.56. The number of hydrogen-bond donors (Lipinski definition) is 2. The van der Waals surface area contributed by atoms with Crippen LogP contribution >= 0.6 is 0 Å². The first-order chi connectivity index (χ1) is 11.7. The summed E-state index contributed by atoms with van der Waals surface area (Å²) in [7, 11) is 1.93. The molecule has 0 aromatic carbocycles. The first-order valence-electron chi connectivity index (χ1n) is 8.76. The molecule has 0 spiro atoms. The van der Waals surface area contributed by atoms with E-state index in [0.29, 0.717) is 13.1 Å². The largest absolute Gasteiger partial charge is 0.390 e. The average Bonchev–Trinajstić information content (AvgIpc) is 2.97. The Bertz CT molecular complexity index is 622. The lowest BCUT2D eigenvalue weighted by molar-refractivity contribution is 0.1000. The number of aryl methyl sites for hydroxylation is 1. The number of nitrogens with one attached hydrogen (secondary N) is 1. The Labute approximate surface area is 143 Å². The van der Waals surface area contributed by atoms with Crippen LogP contribution in [0, 0.1) is 0 Å². The molecule has 0 aliphatic carbocycles. The van der Waals surface area contributed by atoms with Crippen molar-refractivity contribution in [3.05, 3.63) is 36.3 Å². The van der Waals surface area contributed by atoms with Crippen molar-refractivity contribution in [1.82, 2.24) is 25.0 Å². The van der Waals surface area contributed by atoms with Crippen molar-refractivity contribution in [2.24, 2.45) is 7.05 Å². The fraction of sp³-hybridized carbons (Fsp3) is 0.556. The Kier molecular flexibility index (Phi) is 5.96. The average molecular weight is 329 g/mol. The molecule has 24 heavy (non-hydrogen) atoms. The summed E-state index contributed by atoms with van der Waals surface area (Å²) in [6.07, 6.45) is 9.11. The van der Waals surface area contributed by atoms with Crippen molar-refractivity contribution in [2.45, 2.75) is 31.9 Å². The number of nitrogens with zero attached hydrogens (tertiary/aromatic N) is 4. The normalized spacial score (nSPS) is 17.1. The number of aliphatic hydroxyl groups is 1. The van der Waals surface area contributed by atoms with Gasteiger partial charge in [0.15, 0.2) is 0 Å². The van der Waals surface area contributed by atoms with Gasteiger partial charge in [-0.1, -0.05) is 6.42 Å². The molecule has 3 heterocycles. The van der Waals surface area contributed by atoms with Gasteiger partial charge in [-0.05, 0) is 38.1 Å². The SMILES string of the molecule is Cn1cc(CNC[C@@H](O)CN2CCCCC2)c(-c2cccnc2)n1. The van der Waals surface area contributed by atoms with Gasteiger partial charge in [-0.15, -0.1) is 0 Å². The predicted molar refractivity (Wildman–Crippen MR) is 94.4 cm³/mol. The zero-order chi connectivity index (χ0) is 16.8. The summed E-state index contributed by atoms with van der Waals surface area (Å²) in [6, 6.07) is 3.94. The van der Waals surface area contributed by atoms with Crippen LogP contribution in [0.15, 0.2) is 30.7 Å². The zero-order valence-corrected chi connectivity index (χ0v) is 14.4. The van der Waals surface area contributed by atoms with Crippen LogP contribution in [0.3, 0.4) is 0 Å². The first kappa shape index (κ1) is 17.1. The molecule has 2 N–H and O–H groups in total. The standard InChI is InChI=1S/C18H27N5O/c1-22-13-16(18(21-22)15-6-5-7-19-10-15)11-20-12-17(24)14-23-8-3-2-4-9-23/h5-7,10,13,17,20,24H,2-4,8-9,11-12,14H2,1H3/t17-/m1/s1. The van der Waals surface area contributed by atoms with Gasteiger partial charge in [-0.3, -0.25) is 9.67 Å². The maximum absolute atomic E-state index is 10.2. The summed E-state index contributed by atoms with van der Waals surface area (Å²) in [5, 5.41) is 18.1. The third kappa shape index (κ3) is 4.63. The lowest BCUT2D eigenvalue weighted by Gasteiger charge is -2.28. The van der Waals surface area contributed by atoms with Crippen molar-refractivity contribution < 1.29 is 5.11 Å². The van der Waals surface area contributed by atoms with Gasteiger partial charge in [0.2, 0.25) is 0 Å². The zero-order valence-electron chi connectivity index (χ0n) is 14.4. The van der Waals surface area contributed by atoms with Crippen molar-refractivity contribution in [3.8, 4) is 11.3 Å². The van der Waals surface area contributed by atoms with Crippen LogP contribution in [0.4, 0.5) is 0 Å². The third-order valence-electron chi connectivity index (χ3n) is 4.45. The number of rotatable bonds is 7. The molecule has 6 nitrogen and oxygen atoms in total. The highest BCUT2D eigenvalue weighted by atomic mass is 16.3. The van der Waals surface area contributed by atoms with E-state index in [2.05, 4.69) is 20.3 Å². The van der Waals surface area contributed by atoms with E-state index in [0.717, 1.165) is 36.5 Å². The van der Waals surface area contributed by atoms with E-state index >= 15 is 0 Å². The first-order valence-corrected chi connectivity index (χ1v) is 8.76. The minimum absolute atomic E-state index is 0.332. The maximum atomic E-state index is 10.2. The van der Waals surface area contributed by atoms with Gasteiger partial charge in [-0.2, -0.15) is 5.10 Å². The quantitative estimate of drug-likeness (QED) is 0.804. The molecule has 1 aliphatic rings. The molecule has 1 saturated heterocycles. The highest BCUT2D eigenvalue weighted by Crippen LogP contribution is 2.20. The molecular weight excluding hydrogens is 302 g/mol. The van der Waals surface area contributed by atoms with Crippen LogP contribution in [-0.2, 0) is 13.6 Å². The molecule has 130 valence electrons.